The SMILES string of the molecule is CCCCC(O)C/C=C/[C@H]1C=CC(=O)[C@@H]1CCCCCCC(=O)OC(C)C. The molecule has 154 valence electrons. The maximum atomic E-state index is 12.1. The molecule has 0 saturated carbocycles. The van der Waals surface area contributed by atoms with Gasteiger partial charge < -0.3 is 9.84 Å². The van der Waals surface area contributed by atoms with E-state index >= 15 is 0 Å². The molecular weight excluding hydrogens is 340 g/mol. The van der Waals surface area contributed by atoms with Crippen LogP contribution in [-0.2, 0) is 14.3 Å². The normalized spacial score (nSPS) is 20.7. The first-order chi connectivity index (χ1) is 12.9. The average Bonchev–Trinajstić information content (AvgIpc) is 2.95. The van der Waals surface area contributed by atoms with Crippen LogP contribution in [0.1, 0.15) is 85.0 Å². The smallest absolute Gasteiger partial charge is 0.306 e. The zero-order valence-electron chi connectivity index (χ0n) is 17.4. The van der Waals surface area contributed by atoms with E-state index in [2.05, 4.69) is 13.0 Å². The van der Waals surface area contributed by atoms with Crippen molar-refractivity contribution < 1.29 is 19.4 Å². The van der Waals surface area contributed by atoms with Crippen LogP contribution < -0.4 is 0 Å². The highest BCUT2D eigenvalue weighted by Crippen LogP contribution is 2.29. The van der Waals surface area contributed by atoms with Crippen molar-refractivity contribution in [1.29, 1.82) is 0 Å². The van der Waals surface area contributed by atoms with E-state index in [9.17, 15) is 14.7 Å². The van der Waals surface area contributed by atoms with E-state index in [0.29, 0.717) is 12.8 Å². The molecule has 1 N–H and O–H groups in total. The third-order valence-electron chi connectivity index (χ3n) is 4.98. The van der Waals surface area contributed by atoms with Gasteiger partial charge in [0.05, 0.1) is 12.2 Å². The Bertz CT molecular complexity index is 493. The van der Waals surface area contributed by atoms with Crippen molar-refractivity contribution in [3.8, 4) is 0 Å². The zero-order valence-corrected chi connectivity index (χ0v) is 17.4. The summed E-state index contributed by atoms with van der Waals surface area (Å²) in [7, 11) is 0. The number of aliphatic hydroxyl groups excluding tert-OH is 1. The van der Waals surface area contributed by atoms with Crippen molar-refractivity contribution in [2.45, 2.75) is 97.2 Å². The van der Waals surface area contributed by atoms with Gasteiger partial charge in [-0.25, -0.2) is 0 Å². The standard InChI is InChI=1S/C23H38O4/c1-4-5-12-20(24)13-10-11-19-16-17-22(25)21(19)14-8-6-7-9-15-23(26)27-18(2)3/h10-11,16-21,24H,4-9,12-15H2,1-3H3/b11-10+/t19-,20?,21+/m0/s1. The van der Waals surface area contributed by atoms with E-state index in [1.54, 1.807) is 6.08 Å². The lowest BCUT2D eigenvalue weighted by atomic mass is 9.88. The summed E-state index contributed by atoms with van der Waals surface area (Å²) >= 11 is 0. The molecule has 1 aliphatic rings. The zero-order chi connectivity index (χ0) is 20.1. The molecule has 0 saturated heterocycles. The number of carbonyl (C=O) groups excluding carboxylic acids is 2. The molecule has 0 bridgehead atoms. The molecule has 4 nitrogen and oxygen atoms in total. The van der Waals surface area contributed by atoms with Gasteiger partial charge in [0.15, 0.2) is 5.78 Å². The Morgan fingerprint density at radius 3 is 2.67 bits per heavy atom. The lowest BCUT2D eigenvalue weighted by Crippen LogP contribution is -2.14. The second-order valence-corrected chi connectivity index (χ2v) is 7.90. The Morgan fingerprint density at radius 1 is 1.22 bits per heavy atom. The van der Waals surface area contributed by atoms with Gasteiger partial charge in [-0.2, -0.15) is 0 Å². The van der Waals surface area contributed by atoms with Gasteiger partial charge in [0.2, 0.25) is 0 Å². The third-order valence-corrected chi connectivity index (χ3v) is 4.98. The Hall–Kier alpha value is -1.42. The van der Waals surface area contributed by atoms with Gasteiger partial charge in [0.1, 0.15) is 0 Å². The fourth-order valence-electron chi connectivity index (χ4n) is 3.45. The minimum absolute atomic E-state index is 0.0416. The highest BCUT2D eigenvalue weighted by molar-refractivity contribution is 5.94. The Morgan fingerprint density at radius 2 is 1.96 bits per heavy atom. The fourth-order valence-corrected chi connectivity index (χ4v) is 3.45. The first kappa shape index (κ1) is 23.6. The maximum Gasteiger partial charge on any atom is 0.306 e. The third kappa shape index (κ3) is 10.5. The van der Waals surface area contributed by atoms with Crippen LogP contribution in [-0.4, -0.2) is 29.1 Å². The molecule has 27 heavy (non-hydrogen) atoms. The van der Waals surface area contributed by atoms with Crippen molar-refractivity contribution in [2.24, 2.45) is 11.8 Å². The molecule has 0 aromatic rings. The second-order valence-electron chi connectivity index (χ2n) is 7.90. The molecule has 0 heterocycles. The van der Waals surface area contributed by atoms with E-state index in [1.165, 1.54) is 0 Å². The molecule has 1 rings (SSSR count). The van der Waals surface area contributed by atoms with E-state index < -0.39 is 0 Å². The monoisotopic (exact) mass is 378 g/mol. The molecule has 3 atom stereocenters. The molecule has 4 heteroatoms. The van der Waals surface area contributed by atoms with Crippen molar-refractivity contribution in [2.75, 3.05) is 0 Å². The van der Waals surface area contributed by atoms with Gasteiger partial charge in [-0.15, -0.1) is 0 Å². The molecule has 0 amide bonds. The summed E-state index contributed by atoms with van der Waals surface area (Å²) in [5.41, 5.74) is 0. The number of hydrogen-bond donors (Lipinski definition) is 1. The van der Waals surface area contributed by atoms with Crippen LogP contribution in [0.3, 0.4) is 0 Å². The number of allylic oxidation sites excluding steroid dienone is 3. The minimum atomic E-state index is -0.275. The van der Waals surface area contributed by atoms with E-state index in [4.69, 9.17) is 4.74 Å². The van der Waals surface area contributed by atoms with Crippen LogP contribution >= 0.6 is 0 Å². The Labute approximate surface area is 165 Å². The topological polar surface area (TPSA) is 63.6 Å². The number of aliphatic hydroxyl groups is 1. The van der Waals surface area contributed by atoms with Crippen LogP contribution in [0.25, 0.3) is 0 Å². The molecule has 1 aliphatic carbocycles. The van der Waals surface area contributed by atoms with Gasteiger partial charge in [-0.1, -0.05) is 57.3 Å². The van der Waals surface area contributed by atoms with E-state index in [0.717, 1.165) is 51.4 Å². The second kappa shape index (κ2) is 13.7. The van der Waals surface area contributed by atoms with Gasteiger partial charge in [0.25, 0.3) is 0 Å². The first-order valence-electron chi connectivity index (χ1n) is 10.7. The van der Waals surface area contributed by atoms with Crippen LogP contribution in [0.4, 0.5) is 0 Å². The quantitative estimate of drug-likeness (QED) is 0.258. The minimum Gasteiger partial charge on any atom is -0.463 e. The number of ketones is 1. The molecule has 0 spiro atoms. The van der Waals surface area contributed by atoms with Gasteiger partial charge in [0, 0.05) is 18.3 Å². The van der Waals surface area contributed by atoms with Crippen LogP contribution in [0, 0.1) is 11.8 Å². The van der Waals surface area contributed by atoms with Crippen LogP contribution in [0.2, 0.25) is 0 Å². The Balaban J connectivity index is 2.22. The summed E-state index contributed by atoms with van der Waals surface area (Å²) in [6, 6.07) is 0. The largest absolute Gasteiger partial charge is 0.463 e. The van der Waals surface area contributed by atoms with E-state index in [1.807, 2.05) is 26.0 Å². The van der Waals surface area contributed by atoms with Crippen LogP contribution in [0.5, 0.6) is 0 Å². The lowest BCUT2D eigenvalue weighted by molar-refractivity contribution is -0.147. The summed E-state index contributed by atoms with van der Waals surface area (Å²) in [6.45, 7) is 5.85. The number of carbonyl (C=O) groups is 2. The van der Waals surface area contributed by atoms with E-state index in [-0.39, 0.29) is 35.8 Å². The summed E-state index contributed by atoms with van der Waals surface area (Å²) in [6.07, 6.45) is 16.4. The summed E-state index contributed by atoms with van der Waals surface area (Å²) in [5.74, 6) is 0.306. The highest BCUT2D eigenvalue weighted by atomic mass is 16.5. The lowest BCUT2D eigenvalue weighted by Gasteiger charge is -2.15. The summed E-state index contributed by atoms with van der Waals surface area (Å²) in [4.78, 5) is 23.6. The van der Waals surface area contributed by atoms with Crippen LogP contribution in [0.15, 0.2) is 24.3 Å². The van der Waals surface area contributed by atoms with Gasteiger partial charge >= 0.3 is 5.97 Å². The Kier molecular flexibility index (Phi) is 12.0. The molecular formula is C23H38O4. The van der Waals surface area contributed by atoms with Crippen molar-refractivity contribution in [3.05, 3.63) is 24.3 Å². The highest BCUT2D eigenvalue weighted by Gasteiger charge is 2.27. The summed E-state index contributed by atoms with van der Waals surface area (Å²) < 4.78 is 5.12. The molecule has 0 aromatic heterocycles. The number of rotatable bonds is 14. The van der Waals surface area contributed by atoms with Gasteiger partial charge in [-0.3, -0.25) is 9.59 Å². The van der Waals surface area contributed by atoms with Crippen molar-refractivity contribution >= 4 is 11.8 Å². The first-order valence-corrected chi connectivity index (χ1v) is 10.7. The van der Waals surface area contributed by atoms with Gasteiger partial charge in [-0.05, 0) is 45.6 Å². The fraction of sp³-hybridized carbons (Fsp3) is 0.739. The molecule has 0 radical (unpaired) electrons. The molecule has 1 unspecified atom stereocenters. The molecule has 0 aliphatic heterocycles. The molecule has 0 aromatic carbocycles. The average molecular weight is 379 g/mol. The number of esters is 1. The summed E-state index contributed by atoms with van der Waals surface area (Å²) in [5, 5.41) is 9.91. The van der Waals surface area contributed by atoms with Crippen molar-refractivity contribution in [1.82, 2.24) is 0 Å². The molecule has 0 fully saturated rings. The predicted molar refractivity (Wildman–Crippen MR) is 109 cm³/mol. The van der Waals surface area contributed by atoms with Crippen molar-refractivity contribution in [3.63, 3.8) is 0 Å². The maximum absolute atomic E-state index is 12.1. The number of ether oxygens (including phenoxy) is 1. The predicted octanol–water partition coefficient (Wildman–Crippen LogP) is 5.15. The number of unbranched alkanes of at least 4 members (excludes halogenated alkanes) is 4. The number of hydrogen-bond acceptors (Lipinski definition) is 4.